The van der Waals surface area contributed by atoms with Crippen LogP contribution in [0, 0.1) is 0 Å². The van der Waals surface area contributed by atoms with Gasteiger partial charge in [-0.2, -0.15) is 5.10 Å². The van der Waals surface area contributed by atoms with Crippen LogP contribution in [0.1, 0.15) is 22.0 Å². The van der Waals surface area contributed by atoms with Crippen molar-refractivity contribution in [2.45, 2.75) is 5.92 Å². The first-order valence-electron chi connectivity index (χ1n) is 11.7. The first kappa shape index (κ1) is 21.3. The highest BCUT2D eigenvalue weighted by molar-refractivity contribution is 5.98. The molecule has 4 heterocycles. The predicted molar refractivity (Wildman–Crippen MR) is 135 cm³/mol. The summed E-state index contributed by atoms with van der Waals surface area (Å²) in [7, 11) is 0. The number of aromatic amines is 1. The van der Waals surface area contributed by atoms with Crippen molar-refractivity contribution in [3.8, 4) is 11.4 Å². The number of hydrazone groups is 1. The van der Waals surface area contributed by atoms with Crippen molar-refractivity contribution in [1.82, 2.24) is 25.3 Å². The van der Waals surface area contributed by atoms with Crippen molar-refractivity contribution in [1.29, 1.82) is 0 Å². The fourth-order valence-corrected chi connectivity index (χ4v) is 4.40. The third-order valence-corrected chi connectivity index (χ3v) is 6.33. The van der Waals surface area contributed by atoms with E-state index in [1.807, 2.05) is 53.6 Å². The summed E-state index contributed by atoms with van der Waals surface area (Å²) in [5.41, 5.74) is 7.49. The lowest BCUT2D eigenvalue weighted by atomic mass is 10.0. The van der Waals surface area contributed by atoms with Gasteiger partial charge >= 0.3 is 0 Å². The topological polar surface area (TPSA) is 108 Å². The number of hydrogen-bond acceptors (Lipinski definition) is 7. The van der Waals surface area contributed by atoms with Crippen LogP contribution in [0.25, 0.3) is 22.3 Å². The van der Waals surface area contributed by atoms with Gasteiger partial charge in [-0.05, 0) is 35.9 Å². The van der Waals surface area contributed by atoms with Crippen molar-refractivity contribution in [2.75, 3.05) is 38.2 Å². The van der Waals surface area contributed by atoms with Gasteiger partial charge in [0.1, 0.15) is 11.5 Å². The number of morpholine rings is 1. The second kappa shape index (κ2) is 9.19. The molecular formula is C26H25N7O2. The number of rotatable bonds is 5. The Labute approximate surface area is 202 Å². The van der Waals surface area contributed by atoms with Crippen molar-refractivity contribution in [3.63, 3.8) is 0 Å². The number of carbonyl (C=O) groups is 1. The van der Waals surface area contributed by atoms with Crippen LogP contribution in [0.4, 0.5) is 11.5 Å². The Morgan fingerprint density at radius 2 is 1.91 bits per heavy atom. The molecule has 2 aromatic carbocycles. The molecule has 3 N–H and O–H groups in total. The van der Waals surface area contributed by atoms with E-state index >= 15 is 0 Å². The van der Waals surface area contributed by atoms with Crippen LogP contribution in [0.15, 0.2) is 65.9 Å². The highest BCUT2D eigenvalue weighted by Gasteiger charge is 2.20. The molecule has 9 nitrogen and oxygen atoms in total. The maximum absolute atomic E-state index is 12.8. The Kier molecular flexibility index (Phi) is 5.59. The van der Waals surface area contributed by atoms with E-state index in [0.29, 0.717) is 49.6 Å². The Bertz CT molecular complexity index is 1390. The fourth-order valence-electron chi connectivity index (χ4n) is 4.40. The molecule has 1 fully saturated rings. The summed E-state index contributed by atoms with van der Waals surface area (Å²) in [6.07, 6.45) is 3.67. The molecule has 0 aliphatic carbocycles. The zero-order chi connectivity index (χ0) is 23.6. The summed E-state index contributed by atoms with van der Waals surface area (Å²) in [5.74, 6) is 1.62. The third kappa shape index (κ3) is 4.45. The van der Waals surface area contributed by atoms with E-state index in [9.17, 15) is 4.79 Å². The van der Waals surface area contributed by atoms with Gasteiger partial charge in [0.05, 0.1) is 13.2 Å². The molecule has 2 aromatic heterocycles. The van der Waals surface area contributed by atoms with Gasteiger partial charge in [-0.15, -0.1) is 0 Å². The number of H-pyrrole nitrogens is 1. The lowest BCUT2D eigenvalue weighted by Gasteiger charge is -2.26. The minimum Gasteiger partial charge on any atom is -0.378 e. The van der Waals surface area contributed by atoms with Crippen LogP contribution in [-0.4, -0.2) is 64.8 Å². The monoisotopic (exact) mass is 467 g/mol. The molecule has 1 amide bonds. The summed E-state index contributed by atoms with van der Waals surface area (Å²) >= 11 is 0. The van der Waals surface area contributed by atoms with Crippen molar-refractivity contribution >= 4 is 34.5 Å². The molecule has 0 spiro atoms. The highest BCUT2D eigenvalue weighted by atomic mass is 16.5. The number of amides is 1. The number of anilines is 2. The molecular weight excluding hydrogens is 442 g/mol. The Hall–Kier alpha value is -4.24. The summed E-state index contributed by atoms with van der Waals surface area (Å²) in [5, 5.41) is 8.42. The lowest BCUT2D eigenvalue weighted by molar-refractivity contribution is 0.0299. The van der Waals surface area contributed by atoms with Gasteiger partial charge in [0.15, 0.2) is 5.82 Å². The standard InChI is InChI=1S/C26H25N7O2/c34-26(33-9-11-35-12-10-33)23-13-18-1-2-19(14-22(18)31-23)25-27-8-7-24(32-25)30-21-5-3-17(4-6-21)20-15-28-29-16-20/h1-8,13-15,20,29,31H,9-12,16H2,(H,27,30,32). The largest absolute Gasteiger partial charge is 0.378 e. The van der Waals surface area contributed by atoms with Crippen LogP contribution in [0.3, 0.4) is 0 Å². The highest BCUT2D eigenvalue weighted by Crippen LogP contribution is 2.25. The minimum atomic E-state index is -0.00371. The maximum atomic E-state index is 12.8. The third-order valence-electron chi connectivity index (χ3n) is 6.33. The maximum Gasteiger partial charge on any atom is 0.270 e. The molecule has 1 atom stereocenters. The second-order valence-corrected chi connectivity index (χ2v) is 8.65. The van der Waals surface area contributed by atoms with Gasteiger partial charge in [0.25, 0.3) is 5.91 Å². The van der Waals surface area contributed by atoms with E-state index in [1.165, 1.54) is 5.56 Å². The summed E-state index contributed by atoms with van der Waals surface area (Å²) in [4.78, 5) is 27.1. The Balaban J connectivity index is 1.20. The van der Waals surface area contributed by atoms with Gasteiger partial charge in [0.2, 0.25) is 0 Å². The molecule has 2 aliphatic rings. The lowest BCUT2D eigenvalue weighted by Crippen LogP contribution is -2.40. The van der Waals surface area contributed by atoms with Crippen molar-refractivity contribution in [3.05, 3.63) is 72.1 Å². The zero-order valence-electron chi connectivity index (χ0n) is 19.1. The van der Waals surface area contributed by atoms with E-state index in [0.717, 1.165) is 28.7 Å². The van der Waals surface area contributed by atoms with Gasteiger partial charge in [-0.25, -0.2) is 9.97 Å². The SMILES string of the molecule is O=C(c1cc2ccc(-c3nccc(Nc4ccc(C5C=NNC5)cc4)n3)cc2[nH]1)N1CCOCC1. The zero-order valence-corrected chi connectivity index (χ0v) is 19.1. The molecule has 1 saturated heterocycles. The molecule has 0 saturated carbocycles. The van der Waals surface area contributed by atoms with Gasteiger partial charge in [-0.1, -0.05) is 24.3 Å². The summed E-state index contributed by atoms with van der Waals surface area (Å²) in [6, 6.07) is 18.0. The van der Waals surface area contributed by atoms with Crippen LogP contribution < -0.4 is 10.7 Å². The number of ether oxygens (including phenoxy) is 1. The van der Waals surface area contributed by atoms with E-state index in [4.69, 9.17) is 9.72 Å². The van der Waals surface area contributed by atoms with Crippen LogP contribution >= 0.6 is 0 Å². The number of nitrogens with one attached hydrogen (secondary N) is 3. The van der Waals surface area contributed by atoms with Crippen LogP contribution in [-0.2, 0) is 4.74 Å². The van der Waals surface area contributed by atoms with Crippen LogP contribution in [0.2, 0.25) is 0 Å². The Morgan fingerprint density at radius 3 is 2.71 bits per heavy atom. The van der Waals surface area contributed by atoms with E-state index in [-0.39, 0.29) is 5.91 Å². The molecule has 35 heavy (non-hydrogen) atoms. The summed E-state index contributed by atoms with van der Waals surface area (Å²) in [6.45, 7) is 3.21. The number of nitrogens with zero attached hydrogens (tertiary/aromatic N) is 4. The number of carbonyl (C=O) groups excluding carboxylic acids is 1. The minimum absolute atomic E-state index is 0.00371. The first-order valence-corrected chi connectivity index (χ1v) is 11.7. The van der Waals surface area contributed by atoms with Crippen molar-refractivity contribution in [2.24, 2.45) is 5.10 Å². The molecule has 2 aliphatic heterocycles. The number of aromatic nitrogens is 3. The number of fused-ring (bicyclic) bond motifs is 1. The van der Waals surface area contributed by atoms with Crippen molar-refractivity contribution < 1.29 is 9.53 Å². The Morgan fingerprint density at radius 1 is 1.06 bits per heavy atom. The van der Waals surface area contributed by atoms with Gasteiger partial charge < -0.3 is 25.4 Å². The summed E-state index contributed by atoms with van der Waals surface area (Å²) < 4.78 is 5.35. The second-order valence-electron chi connectivity index (χ2n) is 8.65. The van der Waals surface area contributed by atoms with Gasteiger partial charge in [-0.3, -0.25) is 4.79 Å². The van der Waals surface area contributed by atoms with E-state index in [2.05, 4.69) is 37.9 Å². The van der Waals surface area contributed by atoms with E-state index < -0.39 is 0 Å². The predicted octanol–water partition coefficient (Wildman–Crippen LogP) is 3.51. The molecule has 6 rings (SSSR count). The molecule has 9 heteroatoms. The molecule has 1 unspecified atom stereocenters. The quantitative estimate of drug-likeness (QED) is 0.415. The molecule has 4 aromatic rings. The van der Waals surface area contributed by atoms with Gasteiger partial charge in [0, 0.05) is 60.1 Å². The average molecular weight is 468 g/mol. The fraction of sp³-hybridized carbons (Fsp3) is 0.231. The van der Waals surface area contributed by atoms with Crippen LogP contribution in [0.5, 0.6) is 0 Å². The normalized spacial score (nSPS) is 17.5. The molecule has 176 valence electrons. The molecule has 0 radical (unpaired) electrons. The van der Waals surface area contributed by atoms with E-state index in [1.54, 1.807) is 6.20 Å². The molecule has 0 bridgehead atoms. The number of hydrogen-bond donors (Lipinski definition) is 3. The average Bonchev–Trinajstić information content (AvgIpc) is 3.59. The number of benzene rings is 2. The first-order chi connectivity index (χ1) is 17.2. The smallest absolute Gasteiger partial charge is 0.270 e.